The molecule has 0 aliphatic carbocycles. The summed E-state index contributed by atoms with van der Waals surface area (Å²) in [6.07, 6.45) is 5.17. The summed E-state index contributed by atoms with van der Waals surface area (Å²) in [7, 11) is 0. The number of hydrogen-bond acceptors (Lipinski definition) is 17. The van der Waals surface area contributed by atoms with Crippen molar-refractivity contribution in [2.75, 3.05) is 47.4 Å². The van der Waals surface area contributed by atoms with E-state index in [-0.39, 0.29) is 28.7 Å². The molecule has 6 N–H and O–H groups in total. The molecule has 6 aromatic rings. The normalized spacial score (nSPS) is 10.3. The van der Waals surface area contributed by atoms with Gasteiger partial charge < -0.3 is 27.0 Å². The van der Waals surface area contributed by atoms with Gasteiger partial charge in [0.1, 0.15) is 30.2 Å². The van der Waals surface area contributed by atoms with Crippen molar-refractivity contribution in [2.24, 2.45) is 5.73 Å². The summed E-state index contributed by atoms with van der Waals surface area (Å²) in [4.78, 5) is 66.8. The SMILES string of the molecule is NC(=O)c1ccc(-c2ccnc(NCCNc3ccc([N+](=O)[O-])cn3)n2)cc1.O=[N+]([O-])c1ccc(NCCNc2ncc([N+](=O)[O-])c(-c3ccccc3)n2)nc1. The van der Waals surface area contributed by atoms with E-state index in [1.165, 1.54) is 36.8 Å². The summed E-state index contributed by atoms with van der Waals surface area (Å²) in [5, 5.41) is 44.6. The summed E-state index contributed by atoms with van der Waals surface area (Å²) >= 11 is 0. The van der Waals surface area contributed by atoms with Crippen molar-refractivity contribution in [3.8, 4) is 22.5 Å². The topological polar surface area (TPSA) is 298 Å². The van der Waals surface area contributed by atoms with Gasteiger partial charge in [0.05, 0.1) is 20.5 Å². The van der Waals surface area contributed by atoms with Gasteiger partial charge in [-0.3, -0.25) is 35.1 Å². The molecule has 4 heterocycles. The van der Waals surface area contributed by atoms with Crippen LogP contribution in [0.1, 0.15) is 10.4 Å². The molecule has 56 heavy (non-hydrogen) atoms. The second kappa shape index (κ2) is 19.0. The van der Waals surface area contributed by atoms with Gasteiger partial charge in [-0.05, 0) is 30.3 Å². The molecular formula is C35H32N14O7. The van der Waals surface area contributed by atoms with E-state index in [0.717, 1.165) is 5.56 Å². The molecule has 21 heteroatoms. The van der Waals surface area contributed by atoms with E-state index in [1.54, 1.807) is 66.9 Å². The first kappa shape index (κ1) is 39.0. The van der Waals surface area contributed by atoms with Crippen LogP contribution < -0.4 is 27.0 Å². The van der Waals surface area contributed by atoms with Crippen LogP contribution in [0.2, 0.25) is 0 Å². The number of carbonyl (C=O) groups excluding carboxylic acids is 1. The first-order chi connectivity index (χ1) is 27.1. The number of nitrogens with zero attached hydrogens (tertiary/aromatic N) is 9. The van der Waals surface area contributed by atoms with Crippen LogP contribution in [0.5, 0.6) is 0 Å². The maximum atomic E-state index is 11.2. The lowest BCUT2D eigenvalue weighted by molar-refractivity contribution is -0.385. The van der Waals surface area contributed by atoms with E-state index in [4.69, 9.17) is 5.73 Å². The Labute approximate surface area is 317 Å². The molecule has 0 bridgehead atoms. The number of hydrogen-bond donors (Lipinski definition) is 5. The van der Waals surface area contributed by atoms with Gasteiger partial charge in [0, 0.05) is 61.2 Å². The number of aromatic nitrogens is 6. The van der Waals surface area contributed by atoms with Gasteiger partial charge in [0.25, 0.3) is 11.4 Å². The van der Waals surface area contributed by atoms with Crippen LogP contribution in [-0.4, -0.2) is 76.8 Å². The Morgan fingerprint density at radius 1 is 0.571 bits per heavy atom. The molecule has 2 aromatic carbocycles. The van der Waals surface area contributed by atoms with Crippen LogP contribution in [-0.2, 0) is 0 Å². The number of primary amides is 1. The molecule has 0 radical (unpaired) electrons. The molecule has 0 atom stereocenters. The van der Waals surface area contributed by atoms with E-state index in [1.807, 2.05) is 6.07 Å². The lowest BCUT2D eigenvalue weighted by Gasteiger charge is -2.08. The van der Waals surface area contributed by atoms with E-state index in [2.05, 4.69) is 51.2 Å². The van der Waals surface area contributed by atoms with Crippen molar-refractivity contribution in [1.29, 1.82) is 0 Å². The van der Waals surface area contributed by atoms with Crippen LogP contribution in [0.15, 0.2) is 110 Å². The fraction of sp³-hybridized carbons (Fsp3) is 0.114. The van der Waals surface area contributed by atoms with Crippen molar-refractivity contribution in [2.45, 2.75) is 0 Å². The van der Waals surface area contributed by atoms with Crippen molar-refractivity contribution >= 4 is 46.5 Å². The zero-order valence-electron chi connectivity index (χ0n) is 29.2. The predicted molar refractivity (Wildman–Crippen MR) is 206 cm³/mol. The summed E-state index contributed by atoms with van der Waals surface area (Å²) < 4.78 is 0. The number of nitrogens with one attached hydrogen (secondary N) is 4. The quantitative estimate of drug-likeness (QED) is 0.0495. The largest absolute Gasteiger partial charge is 0.368 e. The summed E-state index contributed by atoms with van der Waals surface area (Å²) in [6, 6.07) is 23.2. The smallest absolute Gasteiger partial charge is 0.313 e. The number of benzene rings is 2. The summed E-state index contributed by atoms with van der Waals surface area (Å²) in [5.74, 6) is 1.25. The van der Waals surface area contributed by atoms with Gasteiger partial charge in [-0.25, -0.2) is 29.9 Å². The molecular weight excluding hydrogens is 728 g/mol. The Balaban J connectivity index is 0.000000214. The van der Waals surface area contributed by atoms with Crippen LogP contribution >= 0.6 is 0 Å². The maximum absolute atomic E-state index is 11.2. The first-order valence-corrected chi connectivity index (χ1v) is 16.5. The van der Waals surface area contributed by atoms with Gasteiger partial charge >= 0.3 is 5.69 Å². The second-order valence-electron chi connectivity index (χ2n) is 11.3. The average Bonchev–Trinajstić information content (AvgIpc) is 3.22. The van der Waals surface area contributed by atoms with E-state index >= 15 is 0 Å². The molecule has 0 spiro atoms. The molecule has 0 aliphatic heterocycles. The molecule has 284 valence electrons. The van der Waals surface area contributed by atoms with E-state index in [9.17, 15) is 35.1 Å². The zero-order chi connectivity index (χ0) is 39.9. The number of nitro groups is 3. The minimum Gasteiger partial charge on any atom is -0.368 e. The van der Waals surface area contributed by atoms with Crippen LogP contribution in [0.25, 0.3) is 22.5 Å². The first-order valence-electron chi connectivity index (χ1n) is 16.5. The van der Waals surface area contributed by atoms with E-state index in [0.29, 0.717) is 60.6 Å². The minimum atomic E-state index is -0.520. The number of amides is 1. The maximum Gasteiger partial charge on any atom is 0.313 e. The lowest BCUT2D eigenvalue weighted by Crippen LogP contribution is -2.16. The number of rotatable bonds is 16. The molecule has 21 nitrogen and oxygen atoms in total. The average molecular weight is 761 g/mol. The molecule has 1 amide bonds. The molecule has 0 unspecified atom stereocenters. The third-order valence-electron chi connectivity index (χ3n) is 7.48. The summed E-state index contributed by atoms with van der Waals surface area (Å²) in [5.41, 5.74) is 7.75. The Morgan fingerprint density at radius 3 is 1.62 bits per heavy atom. The predicted octanol–water partition coefficient (Wildman–Crippen LogP) is 4.95. The number of nitrogens with two attached hydrogens (primary N) is 1. The number of pyridine rings is 2. The lowest BCUT2D eigenvalue weighted by atomic mass is 10.1. The number of anilines is 4. The van der Waals surface area contributed by atoms with Crippen LogP contribution in [0.4, 0.5) is 40.6 Å². The minimum absolute atomic E-state index is 0.0576. The standard InChI is InChI=1S/C18H17N7O3.C17H15N7O4/c19-17(26)13-3-1-12(2-4-13)15-7-8-21-18(24-15)22-10-9-20-16-6-5-14(11-23-16)25(27)28;25-23(26)13-6-7-15(20-10-13)18-8-9-19-17-21-11-14(24(27)28)16(22-17)12-4-2-1-3-5-12/h1-8,11H,9-10H2,(H2,19,26)(H,20,23)(H,21,22,24);1-7,10-11H,8-9H2,(H,18,20)(H,19,21,22). The fourth-order valence-corrected chi connectivity index (χ4v) is 4.74. The second-order valence-corrected chi connectivity index (χ2v) is 11.3. The molecule has 0 aliphatic rings. The highest BCUT2D eigenvalue weighted by Gasteiger charge is 2.18. The Kier molecular flexibility index (Phi) is 13.2. The monoisotopic (exact) mass is 760 g/mol. The van der Waals surface area contributed by atoms with Gasteiger partial charge in [0.15, 0.2) is 5.69 Å². The Morgan fingerprint density at radius 2 is 1.12 bits per heavy atom. The van der Waals surface area contributed by atoms with Gasteiger partial charge in [-0.2, -0.15) is 0 Å². The number of carbonyl (C=O) groups is 1. The molecule has 6 rings (SSSR count). The third-order valence-corrected chi connectivity index (χ3v) is 7.48. The van der Waals surface area contributed by atoms with Crippen LogP contribution in [0, 0.1) is 30.3 Å². The fourth-order valence-electron chi connectivity index (χ4n) is 4.74. The zero-order valence-corrected chi connectivity index (χ0v) is 29.2. The molecule has 4 aromatic heterocycles. The Hall–Kier alpha value is -8.23. The highest BCUT2D eigenvalue weighted by molar-refractivity contribution is 5.93. The van der Waals surface area contributed by atoms with E-state index < -0.39 is 20.7 Å². The van der Waals surface area contributed by atoms with Crippen molar-refractivity contribution < 1.29 is 19.6 Å². The molecule has 0 fully saturated rings. The van der Waals surface area contributed by atoms with Crippen molar-refractivity contribution in [3.05, 3.63) is 146 Å². The van der Waals surface area contributed by atoms with Gasteiger partial charge in [-0.15, -0.1) is 0 Å². The molecule has 0 saturated carbocycles. The van der Waals surface area contributed by atoms with Crippen molar-refractivity contribution in [1.82, 2.24) is 29.9 Å². The third kappa shape index (κ3) is 11.1. The summed E-state index contributed by atoms with van der Waals surface area (Å²) in [6.45, 7) is 1.88. The highest BCUT2D eigenvalue weighted by atomic mass is 16.6. The van der Waals surface area contributed by atoms with Gasteiger partial charge in [-0.1, -0.05) is 42.5 Å². The van der Waals surface area contributed by atoms with Gasteiger partial charge in [0.2, 0.25) is 17.8 Å². The Bertz CT molecular complexity index is 2280. The highest BCUT2D eigenvalue weighted by Crippen LogP contribution is 2.28. The van der Waals surface area contributed by atoms with Crippen LogP contribution in [0.3, 0.4) is 0 Å². The molecule has 0 saturated heterocycles. The van der Waals surface area contributed by atoms with Crippen molar-refractivity contribution in [3.63, 3.8) is 0 Å².